The molecule has 1 aromatic heterocycles. The average Bonchev–Trinajstić information content (AvgIpc) is 2.76. The molecule has 90 valence electrons. The van der Waals surface area contributed by atoms with E-state index in [0.717, 1.165) is 28.1 Å². The first-order valence-corrected chi connectivity index (χ1v) is 5.84. The van der Waals surface area contributed by atoms with Crippen molar-refractivity contribution in [3.05, 3.63) is 46.8 Å². The topological polar surface area (TPSA) is 26.0 Å². The first-order chi connectivity index (χ1) is 8.00. The predicted octanol–water partition coefficient (Wildman–Crippen LogP) is 3.89. The van der Waals surface area contributed by atoms with Crippen LogP contribution in [0, 0.1) is 0 Å². The van der Waals surface area contributed by atoms with Gasteiger partial charge < -0.3 is 5.73 Å². The molecular weight excluding hydrogens is 247 g/mol. The van der Waals surface area contributed by atoms with Gasteiger partial charge in [0.15, 0.2) is 0 Å². The van der Waals surface area contributed by atoms with Gasteiger partial charge >= 0.3 is 6.18 Å². The molecule has 2 rings (SSSR count). The predicted molar refractivity (Wildman–Crippen MR) is 62.6 cm³/mol. The number of hydrogen-bond donors (Lipinski definition) is 1. The lowest BCUT2D eigenvalue weighted by Gasteiger charge is -2.06. The summed E-state index contributed by atoms with van der Waals surface area (Å²) >= 11 is 1.48. The number of nitrogens with two attached hydrogens (primary N) is 1. The first-order valence-electron chi connectivity index (χ1n) is 4.96. The molecule has 1 nitrogen and oxygen atoms in total. The second-order valence-corrected chi connectivity index (χ2v) is 4.51. The van der Waals surface area contributed by atoms with Crippen LogP contribution < -0.4 is 5.73 Å². The molecule has 0 spiro atoms. The Kier molecular flexibility index (Phi) is 3.22. The van der Waals surface area contributed by atoms with Gasteiger partial charge in [-0.3, -0.25) is 0 Å². The molecule has 0 aliphatic heterocycles. The summed E-state index contributed by atoms with van der Waals surface area (Å²) in [6.45, 7) is 0.442. The number of benzene rings is 1. The van der Waals surface area contributed by atoms with Crippen molar-refractivity contribution in [2.45, 2.75) is 12.7 Å². The third-order valence-corrected chi connectivity index (χ3v) is 3.41. The van der Waals surface area contributed by atoms with Gasteiger partial charge in [-0.25, -0.2) is 0 Å². The van der Waals surface area contributed by atoms with E-state index < -0.39 is 11.7 Å². The Balaban J connectivity index is 2.29. The quantitative estimate of drug-likeness (QED) is 0.867. The molecule has 0 aliphatic rings. The Labute approximate surface area is 101 Å². The van der Waals surface area contributed by atoms with Gasteiger partial charge in [0, 0.05) is 11.4 Å². The monoisotopic (exact) mass is 257 g/mol. The molecular formula is C12H10F3NS. The molecule has 17 heavy (non-hydrogen) atoms. The van der Waals surface area contributed by atoms with Crippen molar-refractivity contribution in [1.82, 2.24) is 0 Å². The van der Waals surface area contributed by atoms with Crippen molar-refractivity contribution < 1.29 is 13.2 Å². The van der Waals surface area contributed by atoms with E-state index in [1.807, 2.05) is 11.4 Å². The molecule has 2 aromatic rings. The highest BCUT2D eigenvalue weighted by Gasteiger charge is 2.29. The minimum Gasteiger partial charge on any atom is -0.326 e. The van der Waals surface area contributed by atoms with E-state index in [9.17, 15) is 13.2 Å². The minimum atomic E-state index is -4.28. The lowest BCUT2D eigenvalue weighted by Crippen LogP contribution is -2.03. The van der Waals surface area contributed by atoms with E-state index in [1.165, 1.54) is 23.5 Å². The van der Waals surface area contributed by atoms with E-state index in [1.54, 1.807) is 0 Å². The maximum absolute atomic E-state index is 12.4. The molecule has 0 saturated carbocycles. The molecule has 2 N–H and O–H groups in total. The van der Waals surface area contributed by atoms with Crippen LogP contribution in [0.15, 0.2) is 35.7 Å². The number of alkyl halides is 3. The van der Waals surface area contributed by atoms with Gasteiger partial charge in [-0.1, -0.05) is 12.1 Å². The molecule has 0 radical (unpaired) electrons. The summed E-state index contributed by atoms with van der Waals surface area (Å²) in [5, 5.41) is 1.91. The summed E-state index contributed by atoms with van der Waals surface area (Å²) in [7, 11) is 0. The van der Waals surface area contributed by atoms with E-state index in [4.69, 9.17) is 5.73 Å². The Morgan fingerprint density at radius 3 is 2.24 bits per heavy atom. The fourth-order valence-electron chi connectivity index (χ4n) is 1.46. The average molecular weight is 257 g/mol. The van der Waals surface area contributed by atoms with Crippen LogP contribution in [-0.4, -0.2) is 0 Å². The molecule has 1 aromatic carbocycles. The van der Waals surface area contributed by atoms with Gasteiger partial charge in [0.25, 0.3) is 0 Å². The summed E-state index contributed by atoms with van der Waals surface area (Å²) in [6, 6.07) is 7.05. The lowest BCUT2D eigenvalue weighted by atomic mass is 10.1. The summed E-state index contributed by atoms with van der Waals surface area (Å²) < 4.78 is 37.1. The summed E-state index contributed by atoms with van der Waals surface area (Å²) in [5.74, 6) is 0. The Hall–Kier alpha value is -1.33. The highest BCUT2D eigenvalue weighted by molar-refractivity contribution is 7.13. The number of thiophene rings is 1. The smallest absolute Gasteiger partial charge is 0.326 e. The highest BCUT2D eigenvalue weighted by atomic mass is 32.1. The zero-order valence-corrected chi connectivity index (χ0v) is 9.61. The van der Waals surface area contributed by atoms with Crippen molar-refractivity contribution in [3.63, 3.8) is 0 Å². The molecule has 5 heteroatoms. The van der Waals surface area contributed by atoms with Crippen LogP contribution in [0.3, 0.4) is 0 Å². The molecule has 0 amide bonds. The first kappa shape index (κ1) is 12.1. The van der Waals surface area contributed by atoms with E-state index in [-0.39, 0.29) is 0 Å². The minimum absolute atomic E-state index is 0.442. The number of halogens is 3. The van der Waals surface area contributed by atoms with Gasteiger partial charge in [-0.15, -0.1) is 11.3 Å². The SMILES string of the molecule is NCc1csc(-c2ccc(C(F)(F)F)cc2)c1. The fraction of sp³-hybridized carbons (Fsp3) is 0.167. The molecule has 0 saturated heterocycles. The van der Waals surface area contributed by atoms with Crippen LogP contribution in [0.25, 0.3) is 10.4 Å². The van der Waals surface area contributed by atoms with Gasteiger partial charge in [0.2, 0.25) is 0 Å². The van der Waals surface area contributed by atoms with E-state index in [2.05, 4.69) is 0 Å². The molecule has 0 aliphatic carbocycles. The zero-order valence-electron chi connectivity index (χ0n) is 8.79. The van der Waals surface area contributed by atoms with Crippen molar-refractivity contribution in [3.8, 4) is 10.4 Å². The Morgan fingerprint density at radius 1 is 1.12 bits per heavy atom. The number of rotatable bonds is 2. The van der Waals surface area contributed by atoms with Crippen LogP contribution >= 0.6 is 11.3 Å². The molecule has 1 heterocycles. The molecule has 0 bridgehead atoms. The number of hydrogen-bond acceptors (Lipinski definition) is 2. The van der Waals surface area contributed by atoms with Crippen LogP contribution in [0.1, 0.15) is 11.1 Å². The van der Waals surface area contributed by atoms with Crippen LogP contribution in [0.4, 0.5) is 13.2 Å². The standard InChI is InChI=1S/C12H10F3NS/c13-12(14,15)10-3-1-9(2-4-10)11-5-8(6-16)7-17-11/h1-5,7H,6,16H2. The maximum Gasteiger partial charge on any atom is 0.416 e. The van der Waals surface area contributed by atoms with E-state index >= 15 is 0 Å². The zero-order chi connectivity index (χ0) is 12.5. The lowest BCUT2D eigenvalue weighted by molar-refractivity contribution is -0.137. The second kappa shape index (κ2) is 4.50. The third kappa shape index (κ3) is 2.68. The van der Waals surface area contributed by atoms with Crippen LogP contribution in [0.5, 0.6) is 0 Å². The molecule has 0 unspecified atom stereocenters. The molecule has 0 atom stereocenters. The van der Waals surface area contributed by atoms with Gasteiger partial charge in [-0.2, -0.15) is 13.2 Å². The van der Waals surface area contributed by atoms with Crippen molar-refractivity contribution in [2.24, 2.45) is 5.73 Å². The third-order valence-electron chi connectivity index (χ3n) is 2.39. The van der Waals surface area contributed by atoms with Crippen molar-refractivity contribution >= 4 is 11.3 Å². The van der Waals surface area contributed by atoms with E-state index in [0.29, 0.717) is 6.54 Å². The van der Waals surface area contributed by atoms with Gasteiger partial charge in [0.05, 0.1) is 5.56 Å². The molecule has 0 fully saturated rings. The Morgan fingerprint density at radius 2 is 1.76 bits per heavy atom. The van der Waals surface area contributed by atoms with Gasteiger partial charge in [0.1, 0.15) is 0 Å². The van der Waals surface area contributed by atoms with Gasteiger partial charge in [-0.05, 0) is 34.7 Å². The second-order valence-electron chi connectivity index (χ2n) is 3.60. The summed E-state index contributed by atoms with van der Waals surface area (Å²) in [5.41, 5.74) is 6.62. The maximum atomic E-state index is 12.4. The normalized spacial score (nSPS) is 11.8. The summed E-state index contributed by atoms with van der Waals surface area (Å²) in [6.07, 6.45) is -4.28. The van der Waals surface area contributed by atoms with Crippen LogP contribution in [0.2, 0.25) is 0 Å². The van der Waals surface area contributed by atoms with Crippen molar-refractivity contribution in [2.75, 3.05) is 0 Å². The summed E-state index contributed by atoms with van der Waals surface area (Å²) in [4.78, 5) is 0.930. The largest absolute Gasteiger partial charge is 0.416 e. The highest BCUT2D eigenvalue weighted by Crippen LogP contribution is 2.32. The fourth-order valence-corrected chi connectivity index (χ4v) is 2.39. The Bertz CT molecular complexity index is 499. The van der Waals surface area contributed by atoms with Crippen LogP contribution in [-0.2, 0) is 12.7 Å². The van der Waals surface area contributed by atoms with Crippen molar-refractivity contribution in [1.29, 1.82) is 0 Å².